The van der Waals surface area contributed by atoms with Gasteiger partial charge in [-0.15, -0.1) is 0 Å². The van der Waals surface area contributed by atoms with Crippen molar-refractivity contribution >= 4 is 21.9 Å². The molecular formula is C24H21N5O2. The predicted molar refractivity (Wildman–Crippen MR) is 120 cm³/mol. The minimum atomic E-state index is -0.237. The summed E-state index contributed by atoms with van der Waals surface area (Å²) >= 11 is 0. The Hall–Kier alpha value is -4.13. The molecule has 5 aromatic rings. The topological polar surface area (TPSA) is 111 Å². The number of H-pyrrole nitrogens is 1. The summed E-state index contributed by atoms with van der Waals surface area (Å²) in [4.78, 5) is 12.1. The smallest absolute Gasteiger partial charge is 0.223 e. The van der Waals surface area contributed by atoms with Crippen LogP contribution in [-0.4, -0.2) is 29.7 Å². The van der Waals surface area contributed by atoms with Gasteiger partial charge in [-0.25, -0.2) is 9.97 Å². The first kappa shape index (κ1) is 18.9. The fourth-order valence-electron chi connectivity index (χ4n) is 4.23. The zero-order valence-corrected chi connectivity index (χ0v) is 17.4. The number of hydrogen-bond donors (Lipinski definition) is 4. The maximum atomic E-state index is 11.0. The number of nitrogens with one attached hydrogen (secondary N) is 2. The molecular weight excluding hydrogens is 390 g/mol. The van der Waals surface area contributed by atoms with Crippen LogP contribution in [0.25, 0.3) is 38.9 Å². The van der Waals surface area contributed by atoms with E-state index in [2.05, 4.69) is 15.0 Å². The number of aromatic hydroxyl groups is 2. The van der Waals surface area contributed by atoms with Crippen molar-refractivity contribution < 1.29 is 10.2 Å². The van der Waals surface area contributed by atoms with Crippen molar-refractivity contribution in [2.45, 2.75) is 20.8 Å². The van der Waals surface area contributed by atoms with E-state index in [1.165, 1.54) is 0 Å². The Kier molecular flexibility index (Phi) is 4.08. The lowest BCUT2D eigenvalue weighted by Gasteiger charge is -2.13. The fraction of sp³-hybridized carbons (Fsp3) is 0.125. The van der Waals surface area contributed by atoms with E-state index in [0.717, 1.165) is 16.7 Å². The summed E-state index contributed by atoms with van der Waals surface area (Å²) in [7, 11) is 0. The van der Waals surface area contributed by atoms with Crippen LogP contribution < -0.4 is 5.49 Å². The molecule has 5 rings (SSSR count). The van der Waals surface area contributed by atoms with E-state index in [9.17, 15) is 10.2 Å². The minimum absolute atomic E-state index is 0.0563. The lowest BCUT2D eigenvalue weighted by molar-refractivity contribution is 0.461. The molecule has 3 aromatic heterocycles. The summed E-state index contributed by atoms with van der Waals surface area (Å²) in [5, 5.41) is 31.1. The van der Waals surface area contributed by atoms with Crippen LogP contribution in [0, 0.1) is 26.2 Å². The van der Waals surface area contributed by atoms with Crippen LogP contribution in [0.1, 0.15) is 16.7 Å². The molecule has 31 heavy (non-hydrogen) atoms. The van der Waals surface area contributed by atoms with Gasteiger partial charge in [0.2, 0.25) is 5.88 Å². The largest absolute Gasteiger partial charge is 0.508 e. The molecule has 154 valence electrons. The number of nitrogens with zero attached hydrogens (tertiary/aromatic N) is 3. The highest BCUT2D eigenvalue weighted by Gasteiger charge is 2.21. The van der Waals surface area contributed by atoms with Crippen molar-refractivity contribution in [3.63, 3.8) is 0 Å². The molecule has 4 N–H and O–H groups in total. The molecule has 0 aliphatic heterocycles. The molecule has 0 spiro atoms. The first-order valence-corrected chi connectivity index (χ1v) is 9.90. The average Bonchev–Trinajstić information content (AvgIpc) is 2.94. The van der Waals surface area contributed by atoms with Crippen LogP contribution in [-0.2, 0) is 0 Å². The fourth-order valence-corrected chi connectivity index (χ4v) is 4.23. The Morgan fingerprint density at radius 1 is 0.968 bits per heavy atom. The van der Waals surface area contributed by atoms with Crippen molar-refractivity contribution in [1.82, 2.24) is 19.5 Å². The third-order valence-electron chi connectivity index (χ3n) is 5.80. The Morgan fingerprint density at radius 2 is 1.74 bits per heavy atom. The van der Waals surface area contributed by atoms with Gasteiger partial charge in [0.25, 0.3) is 0 Å². The summed E-state index contributed by atoms with van der Waals surface area (Å²) in [6.45, 7) is 5.71. The van der Waals surface area contributed by atoms with Crippen LogP contribution >= 0.6 is 0 Å². The van der Waals surface area contributed by atoms with Crippen molar-refractivity contribution in [2.75, 3.05) is 0 Å². The summed E-state index contributed by atoms with van der Waals surface area (Å²) in [5.41, 5.74) is 5.99. The molecule has 0 saturated heterocycles. The summed E-state index contributed by atoms with van der Waals surface area (Å²) in [5.74, 6) is -0.100. The first-order valence-electron chi connectivity index (χ1n) is 9.90. The highest BCUT2D eigenvalue weighted by atomic mass is 16.3. The second-order valence-corrected chi connectivity index (χ2v) is 7.73. The van der Waals surface area contributed by atoms with E-state index in [1.807, 2.05) is 44.2 Å². The summed E-state index contributed by atoms with van der Waals surface area (Å²) in [6, 6.07) is 13.1. The zero-order valence-electron chi connectivity index (χ0n) is 17.4. The molecule has 7 heteroatoms. The second-order valence-electron chi connectivity index (χ2n) is 7.73. The van der Waals surface area contributed by atoms with E-state index in [-0.39, 0.29) is 17.1 Å². The Labute approximate surface area is 177 Å². The van der Waals surface area contributed by atoms with Crippen LogP contribution in [0.3, 0.4) is 0 Å². The maximum absolute atomic E-state index is 11.0. The van der Waals surface area contributed by atoms with Gasteiger partial charge in [-0.3, -0.25) is 9.98 Å². The lowest BCUT2D eigenvalue weighted by Crippen LogP contribution is -2.16. The molecule has 0 radical (unpaired) electrons. The SMILES string of the molecule is Cc1ccccc1-c1cc2[nH]cnc3c2c(c(O)n1)c(=N)n3-c1c(C)ccc(O)c1C. The minimum Gasteiger partial charge on any atom is -0.508 e. The number of phenols is 1. The number of benzene rings is 2. The van der Waals surface area contributed by atoms with Gasteiger partial charge in [0.1, 0.15) is 11.2 Å². The maximum Gasteiger partial charge on any atom is 0.223 e. The standard InChI is InChI=1S/C24H21N5O2/c1-12-6-4-5-7-15(12)16-10-17-19-20(24(31)28-16)22(25)29(23(19)27-11-26-17)21-13(2)8-9-18(30)14(21)3/h4-11,25,30-31H,1-3H3,(H,26,27). The van der Waals surface area contributed by atoms with E-state index in [4.69, 9.17) is 5.41 Å². The lowest BCUT2D eigenvalue weighted by atomic mass is 10.1. The summed E-state index contributed by atoms with van der Waals surface area (Å²) < 4.78 is 1.66. The number of aromatic amines is 1. The summed E-state index contributed by atoms with van der Waals surface area (Å²) in [6.07, 6.45) is 1.57. The van der Waals surface area contributed by atoms with Crippen LogP contribution in [0.5, 0.6) is 11.6 Å². The Morgan fingerprint density at radius 3 is 2.52 bits per heavy atom. The van der Waals surface area contributed by atoms with Gasteiger partial charge >= 0.3 is 0 Å². The highest BCUT2D eigenvalue weighted by molar-refractivity contribution is 6.08. The normalized spacial score (nSPS) is 11.5. The Bertz CT molecular complexity index is 1560. The second kappa shape index (κ2) is 6.70. The third kappa shape index (κ3) is 2.70. The molecule has 0 bridgehead atoms. The molecule has 0 amide bonds. The van der Waals surface area contributed by atoms with Gasteiger partial charge < -0.3 is 15.2 Å². The monoisotopic (exact) mass is 411 g/mol. The van der Waals surface area contributed by atoms with E-state index in [0.29, 0.717) is 38.9 Å². The zero-order chi connectivity index (χ0) is 21.9. The molecule has 3 heterocycles. The number of aromatic nitrogens is 4. The van der Waals surface area contributed by atoms with E-state index >= 15 is 0 Å². The molecule has 7 nitrogen and oxygen atoms in total. The van der Waals surface area contributed by atoms with Gasteiger partial charge in [0, 0.05) is 11.1 Å². The Balaban J connectivity index is 1.95. The van der Waals surface area contributed by atoms with Gasteiger partial charge in [-0.1, -0.05) is 30.3 Å². The van der Waals surface area contributed by atoms with Crippen molar-refractivity contribution in [3.8, 4) is 28.6 Å². The van der Waals surface area contributed by atoms with Crippen LogP contribution in [0.2, 0.25) is 0 Å². The highest BCUT2D eigenvalue weighted by Crippen LogP contribution is 2.34. The van der Waals surface area contributed by atoms with E-state index in [1.54, 1.807) is 30.0 Å². The van der Waals surface area contributed by atoms with Gasteiger partial charge in [-0.05, 0) is 44.0 Å². The number of hydrogen-bond acceptors (Lipinski definition) is 5. The van der Waals surface area contributed by atoms with Gasteiger partial charge in [-0.2, -0.15) is 0 Å². The van der Waals surface area contributed by atoms with Crippen molar-refractivity contribution in [3.05, 3.63) is 71.0 Å². The number of phenolic OH excluding ortho intramolecular Hbond substituents is 1. The molecule has 0 aliphatic rings. The van der Waals surface area contributed by atoms with Crippen LogP contribution in [0.4, 0.5) is 0 Å². The molecule has 0 saturated carbocycles. The van der Waals surface area contributed by atoms with Crippen molar-refractivity contribution in [1.29, 1.82) is 5.41 Å². The molecule has 2 aromatic carbocycles. The molecule has 0 fully saturated rings. The molecule has 0 atom stereocenters. The van der Waals surface area contributed by atoms with Crippen molar-refractivity contribution in [2.24, 2.45) is 0 Å². The first-order chi connectivity index (χ1) is 14.9. The molecule has 0 aliphatic carbocycles. The van der Waals surface area contributed by atoms with E-state index < -0.39 is 0 Å². The number of rotatable bonds is 2. The average molecular weight is 411 g/mol. The van der Waals surface area contributed by atoms with Gasteiger partial charge in [0.15, 0.2) is 5.65 Å². The van der Waals surface area contributed by atoms with Gasteiger partial charge in [0.05, 0.1) is 34.0 Å². The predicted octanol–water partition coefficient (Wildman–Crippen LogP) is 4.38. The third-order valence-corrected chi connectivity index (χ3v) is 5.80. The number of aryl methyl sites for hydroxylation is 2. The van der Waals surface area contributed by atoms with Crippen LogP contribution in [0.15, 0.2) is 48.8 Å². The molecule has 0 unspecified atom stereocenters. The quantitative estimate of drug-likeness (QED) is 0.345.